The Hall–Kier alpha value is -1.40. The molecule has 6 heteroatoms. The molecule has 0 atom stereocenters. The standard InChI is InChI=1S/C9H17N5O/c1-7(2)15-4-3-11-8-5-9(14-10)13-6-12-8/h5-7H,3-4,10H2,1-2H3,(H2,11,12,13,14). The first kappa shape index (κ1) is 11.7. The molecule has 0 aliphatic carbocycles. The maximum Gasteiger partial charge on any atom is 0.145 e. The zero-order valence-corrected chi connectivity index (χ0v) is 9.03. The first-order chi connectivity index (χ1) is 7.22. The quantitative estimate of drug-likeness (QED) is 0.363. The highest BCUT2D eigenvalue weighted by molar-refractivity contribution is 5.45. The van der Waals surface area contributed by atoms with Crippen LogP contribution in [0.2, 0.25) is 0 Å². The molecule has 0 bridgehead atoms. The normalized spacial score (nSPS) is 10.4. The van der Waals surface area contributed by atoms with Crippen LogP contribution in [0.15, 0.2) is 12.4 Å². The van der Waals surface area contributed by atoms with Gasteiger partial charge in [0, 0.05) is 12.6 Å². The molecule has 0 aliphatic rings. The van der Waals surface area contributed by atoms with E-state index in [0.29, 0.717) is 19.0 Å². The summed E-state index contributed by atoms with van der Waals surface area (Å²) < 4.78 is 5.37. The van der Waals surface area contributed by atoms with E-state index >= 15 is 0 Å². The Morgan fingerprint density at radius 2 is 2.13 bits per heavy atom. The minimum absolute atomic E-state index is 0.249. The smallest absolute Gasteiger partial charge is 0.145 e. The Morgan fingerprint density at radius 3 is 2.80 bits per heavy atom. The number of hydrogen-bond donors (Lipinski definition) is 3. The van der Waals surface area contributed by atoms with E-state index in [1.807, 2.05) is 13.8 Å². The van der Waals surface area contributed by atoms with Gasteiger partial charge in [0.05, 0.1) is 12.7 Å². The average molecular weight is 211 g/mol. The van der Waals surface area contributed by atoms with Crippen LogP contribution in [0.4, 0.5) is 11.6 Å². The van der Waals surface area contributed by atoms with Crippen molar-refractivity contribution < 1.29 is 4.74 Å². The molecule has 6 nitrogen and oxygen atoms in total. The van der Waals surface area contributed by atoms with Crippen LogP contribution in [-0.4, -0.2) is 29.2 Å². The van der Waals surface area contributed by atoms with E-state index in [9.17, 15) is 0 Å². The molecule has 0 saturated heterocycles. The van der Waals surface area contributed by atoms with Gasteiger partial charge in [-0.2, -0.15) is 0 Å². The zero-order chi connectivity index (χ0) is 11.1. The largest absolute Gasteiger partial charge is 0.377 e. The minimum atomic E-state index is 0.249. The highest BCUT2D eigenvalue weighted by Gasteiger charge is 1.97. The summed E-state index contributed by atoms with van der Waals surface area (Å²) in [6.07, 6.45) is 1.69. The van der Waals surface area contributed by atoms with E-state index in [4.69, 9.17) is 10.6 Å². The lowest BCUT2D eigenvalue weighted by molar-refractivity contribution is 0.0870. The molecule has 0 amide bonds. The molecule has 15 heavy (non-hydrogen) atoms. The summed E-state index contributed by atoms with van der Waals surface area (Å²) in [5.74, 6) is 6.53. The van der Waals surface area contributed by atoms with Crippen molar-refractivity contribution in [1.82, 2.24) is 9.97 Å². The van der Waals surface area contributed by atoms with E-state index in [2.05, 4.69) is 20.7 Å². The Bertz CT molecular complexity index is 292. The van der Waals surface area contributed by atoms with Crippen LogP contribution in [0.1, 0.15) is 13.8 Å². The van der Waals surface area contributed by atoms with Gasteiger partial charge in [-0.15, -0.1) is 0 Å². The molecule has 1 rings (SSSR count). The van der Waals surface area contributed by atoms with Gasteiger partial charge in [0.25, 0.3) is 0 Å². The number of nitrogen functional groups attached to an aromatic ring is 1. The molecule has 0 aromatic carbocycles. The molecule has 0 fully saturated rings. The third-order valence-corrected chi connectivity index (χ3v) is 1.67. The second kappa shape index (κ2) is 6.15. The van der Waals surface area contributed by atoms with Crippen LogP contribution in [0.5, 0.6) is 0 Å². The predicted molar refractivity (Wildman–Crippen MR) is 59.4 cm³/mol. The van der Waals surface area contributed by atoms with Crippen molar-refractivity contribution in [2.75, 3.05) is 23.9 Å². The van der Waals surface area contributed by atoms with Gasteiger partial charge in [-0.25, -0.2) is 15.8 Å². The molecule has 0 spiro atoms. The second-order valence-corrected chi connectivity index (χ2v) is 3.28. The second-order valence-electron chi connectivity index (χ2n) is 3.28. The van der Waals surface area contributed by atoms with Gasteiger partial charge in [0.2, 0.25) is 0 Å². The molecule has 1 aromatic heterocycles. The Balaban J connectivity index is 2.30. The summed E-state index contributed by atoms with van der Waals surface area (Å²) in [7, 11) is 0. The average Bonchev–Trinajstić information content (AvgIpc) is 2.24. The number of nitrogens with two attached hydrogens (primary N) is 1. The highest BCUT2D eigenvalue weighted by Crippen LogP contribution is 2.06. The number of ether oxygens (including phenoxy) is 1. The van der Waals surface area contributed by atoms with Crippen LogP contribution in [0.3, 0.4) is 0 Å². The van der Waals surface area contributed by atoms with E-state index in [1.165, 1.54) is 6.33 Å². The summed E-state index contributed by atoms with van der Waals surface area (Å²) in [5.41, 5.74) is 2.45. The first-order valence-corrected chi connectivity index (χ1v) is 4.86. The van der Waals surface area contributed by atoms with Crippen molar-refractivity contribution in [3.05, 3.63) is 12.4 Å². The Morgan fingerprint density at radius 1 is 1.40 bits per heavy atom. The van der Waals surface area contributed by atoms with E-state index in [-0.39, 0.29) is 6.10 Å². The third-order valence-electron chi connectivity index (χ3n) is 1.67. The van der Waals surface area contributed by atoms with Gasteiger partial charge >= 0.3 is 0 Å². The number of aromatic nitrogens is 2. The lowest BCUT2D eigenvalue weighted by Crippen LogP contribution is -2.14. The molecule has 0 saturated carbocycles. The molecule has 1 aromatic rings. The van der Waals surface area contributed by atoms with E-state index in [0.717, 1.165) is 5.82 Å². The van der Waals surface area contributed by atoms with Crippen LogP contribution in [0.25, 0.3) is 0 Å². The zero-order valence-electron chi connectivity index (χ0n) is 9.03. The number of hydrazine groups is 1. The molecule has 0 aliphatic heterocycles. The van der Waals surface area contributed by atoms with Crippen LogP contribution in [0, 0.1) is 0 Å². The molecule has 1 heterocycles. The van der Waals surface area contributed by atoms with Crippen LogP contribution < -0.4 is 16.6 Å². The van der Waals surface area contributed by atoms with Crippen molar-refractivity contribution in [2.45, 2.75) is 20.0 Å². The molecular weight excluding hydrogens is 194 g/mol. The fourth-order valence-electron chi connectivity index (χ4n) is 1.01. The summed E-state index contributed by atoms with van der Waals surface area (Å²) >= 11 is 0. The minimum Gasteiger partial charge on any atom is -0.377 e. The lowest BCUT2D eigenvalue weighted by atomic mass is 10.5. The van der Waals surface area contributed by atoms with Crippen molar-refractivity contribution in [1.29, 1.82) is 0 Å². The third kappa shape index (κ3) is 4.57. The number of nitrogens with zero attached hydrogens (tertiary/aromatic N) is 2. The van der Waals surface area contributed by atoms with Crippen LogP contribution in [-0.2, 0) is 4.74 Å². The summed E-state index contributed by atoms with van der Waals surface area (Å²) in [6.45, 7) is 5.36. The molecule has 4 N–H and O–H groups in total. The maximum atomic E-state index is 5.37. The fraction of sp³-hybridized carbons (Fsp3) is 0.556. The lowest BCUT2D eigenvalue weighted by Gasteiger charge is -2.09. The highest BCUT2D eigenvalue weighted by atomic mass is 16.5. The number of anilines is 2. The van der Waals surface area contributed by atoms with Gasteiger partial charge in [-0.1, -0.05) is 0 Å². The van der Waals surface area contributed by atoms with Crippen LogP contribution >= 0.6 is 0 Å². The summed E-state index contributed by atoms with van der Waals surface area (Å²) in [5, 5.41) is 3.10. The van der Waals surface area contributed by atoms with Gasteiger partial charge in [0.1, 0.15) is 18.0 Å². The van der Waals surface area contributed by atoms with Crippen molar-refractivity contribution >= 4 is 11.6 Å². The fourth-order valence-corrected chi connectivity index (χ4v) is 1.01. The van der Waals surface area contributed by atoms with Gasteiger partial charge < -0.3 is 15.5 Å². The first-order valence-electron chi connectivity index (χ1n) is 4.86. The predicted octanol–water partition coefficient (Wildman–Crippen LogP) is 0.599. The monoisotopic (exact) mass is 211 g/mol. The molecule has 84 valence electrons. The SMILES string of the molecule is CC(C)OCCNc1cc(NN)ncn1. The summed E-state index contributed by atoms with van der Waals surface area (Å²) in [4.78, 5) is 7.93. The number of hydrogen-bond acceptors (Lipinski definition) is 6. The van der Waals surface area contributed by atoms with Gasteiger partial charge in [0.15, 0.2) is 0 Å². The number of nitrogens with one attached hydrogen (secondary N) is 2. The van der Waals surface area contributed by atoms with E-state index < -0.39 is 0 Å². The van der Waals surface area contributed by atoms with E-state index in [1.54, 1.807) is 6.07 Å². The number of rotatable bonds is 6. The van der Waals surface area contributed by atoms with Crippen molar-refractivity contribution in [3.8, 4) is 0 Å². The van der Waals surface area contributed by atoms with Crippen molar-refractivity contribution in [2.24, 2.45) is 5.84 Å². The van der Waals surface area contributed by atoms with Gasteiger partial charge in [-0.05, 0) is 13.8 Å². The van der Waals surface area contributed by atoms with Crippen molar-refractivity contribution in [3.63, 3.8) is 0 Å². The topological polar surface area (TPSA) is 85.1 Å². The Labute approximate surface area is 89.2 Å². The maximum absolute atomic E-state index is 5.37. The molecular formula is C9H17N5O. The summed E-state index contributed by atoms with van der Waals surface area (Å²) in [6, 6.07) is 1.73. The molecule has 0 radical (unpaired) electrons. The molecule has 0 unspecified atom stereocenters. The Kier molecular flexibility index (Phi) is 4.79. The van der Waals surface area contributed by atoms with Gasteiger partial charge in [-0.3, -0.25) is 0 Å².